The largest absolute Gasteiger partial charge is 0.339 e. The molecule has 2 heterocycles. The molecule has 0 aliphatic carbocycles. The number of hydrogen-bond donors (Lipinski definition) is 0. The molecule has 4 aromatic rings. The quantitative estimate of drug-likeness (QED) is 0.419. The van der Waals surface area contributed by atoms with E-state index in [2.05, 4.69) is 79.1 Å². The maximum absolute atomic E-state index is 4.75. The average Bonchev–Trinajstić information content (AvgIpc) is 2.98. The highest BCUT2D eigenvalue weighted by Gasteiger charge is 2.15. The number of fused-ring (bicyclic) bond motifs is 3. The third-order valence-corrected chi connectivity index (χ3v) is 5.05. The number of pyridine rings is 1. The van der Waals surface area contributed by atoms with Gasteiger partial charge in [0.25, 0.3) is 0 Å². The molecule has 0 unspecified atom stereocenters. The number of hydrogen-bond acceptors (Lipinski definition) is 1. The first kappa shape index (κ1) is 16.8. The third-order valence-electron chi connectivity index (χ3n) is 5.05. The fourth-order valence-corrected chi connectivity index (χ4v) is 3.93. The second-order valence-corrected chi connectivity index (χ2v) is 7.51. The summed E-state index contributed by atoms with van der Waals surface area (Å²) in [5.74, 6) is 0.601. The van der Waals surface area contributed by atoms with Crippen LogP contribution in [0.1, 0.15) is 31.5 Å². The number of aryl methyl sites for hydroxylation is 2. The van der Waals surface area contributed by atoms with Gasteiger partial charge in [0.05, 0.1) is 11.2 Å². The molecule has 0 N–H and O–H groups in total. The molecule has 0 amide bonds. The molecule has 4 rings (SSSR count). The Morgan fingerprint density at radius 2 is 1.65 bits per heavy atom. The predicted molar refractivity (Wildman–Crippen MR) is 111 cm³/mol. The van der Waals surface area contributed by atoms with E-state index >= 15 is 0 Å². The summed E-state index contributed by atoms with van der Waals surface area (Å²) in [6, 6.07) is 21.7. The number of para-hydroxylation sites is 1. The molecule has 0 bridgehead atoms. The molecule has 2 aromatic carbocycles. The number of rotatable bonds is 6. The van der Waals surface area contributed by atoms with Crippen molar-refractivity contribution in [3.05, 3.63) is 78.1 Å². The third kappa shape index (κ3) is 3.24. The van der Waals surface area contributed by atoms with E-state index < -0.39 is 0 Å². The van der Waals surface area contributed by atoms with Gasteiger partial charge in [-0.1, -0.05) is 62.4 Å². The molecule has 0 aliphatic rings. The van der Waals surface area contributed by atoms with Crippen LogP contribution in [0.2, 0.25) is 0 Å². The number of aromatic nitrogens is 2. The van der Waals surface area contributed by atoms with E-state index in [1.807, 2.05) is 6.20 Å². The Balaban J connectivity index is 1.75. The van der Waals surface area contributed by atoms with Gasteiger partial charge in [-0.05, 0) is 42.9 Å². The monoisotopic (exact) mass is 342 g/mol. The molecule has 0 fully saturated rings. The lowest BCUT2D eigenvalue weighted by Gasteiger charge is -2.12. The molecule has 2 heteroatoms. The lowest BCUT2D eigenvalue weighted by molar-refractivity contribution is 0.630. The van der Waals surface area contributed by atoms with E-state index in [1.165, 1.54) is 33.1 Å². The van der Waals surface area contributed by atoms with Crippen molar-refractivity contribution >= 4 is 21.8 Å². The van der Waals surface area contributed by atoms with E-state index in [0.717, 1.165) is 25.8 Å². The zero-order valence-corrected chi connectivity index (χ0v) is 15.7. The lowest BCUT2D eigenvalue weighted by Crippen LogP contribution is -2.05. The lowest BCUT2D eigenvalue weighted by atomic mass is 10.1. The fourth-order valence-electron chi connectivity index (χ4n) is 3.93. The van der Waals surface area contributed by atoms with Crippen molar-refractivity contribution in [2.75, 3.05) is 0 Å². The van der Waals surface area contributed by atoms with Crippen molar-refractivity contribution in [2.24, 2.45) is 5.92 Å². The van der Waals surface area contributed by atoms with Gasteiger partial charge in [-0.2, -0.15) is 0 Å². The highest BCUT2D eigenvalue weighted by atomic mass is 15.0. The van der Waals surface area contributed by atoms with Crippen LogP contribution in [0.3, 0.4) is 0 Å². The van der Waals surface area contributed by atoms with Crippen LogP contribution in [-0.4, -0.2) is 9.55 Å². The Hall–Kier alpha value is -2.61. The van der Waals surface area contributed by atoms with Crippen LogP contribution in [0.4, 0.5) is 0 Å². The molecule has 2 aromatic heterocycles. The molecule has 0 spiro atoms. The SMILES string of the molecule is CC(C)Cc1nccc2c3ccccc3n(CCCc3ccccc3)c12. The minimum atomic E-state index is 0.601. The van der Waals surface area contributed by atoms with Crippen molar-refractivity contribution < 1.29 is 0 Å². The second kappa shape index (κ2) is 7.33. The van der Waals surface area contributed by atoms with Gasteiger partial charge in [-0.3, -0.25) is 4.98 Å². The Bertz CT molecular complexity index is 1010. The molecule has 2 nitrogen and oxygen atoms in total. The summed E-state index contributed by atoms with van der Waals surface area (Å²) in [6.45, 7) is 5.56. The summed E-state index contributed by atoms with van der Waals surface area (Å²) in [4.78, 5) is 4.75. The Labute approximate surface area is 155 Å². The van der Waals surface area contributed by atoms with Crippen molar-refractivity contribution in [1.82, 2.24) is 9.55 Å². The Morgan fingerprint density at radius 3 is 2.46 bits per heavy atom. The van der Waals surface area contributed by atoms with E-state index in [-0.39, 0.29) is 0 Å². The van der Waals surface area contributed by atoms with Crippen molar-refractivity contribution in [3.8, 4) is 0 Å². The number of benzene rings is 2. The summed E-state index contributed by atoms with van der Waals surface area (Å²) < 4.78 is 2.50. The first-order chi connectivity index (χ1) is 12.7. The molecule has 132 valence electrons. The van der Waals surface area contributed by atoms with Gasteiger partial charge in [-0.15, -0.1) is 0 Å². The molecule has 0 aliphatic heterocycles. The molecule has 0 saturated heterocycles. The smallest absolute Gasteiger partial charge is 0.0710 e. The number of nitrogens with zero attached hydrogens (tertiary/aromatic N) is 2. The maximum Gasteiger partial charge on any atom is 0.0710 e. The second-order valence-electron chi connectivity index (χ2n) is 7.51. The van der Waals surface area contributed by atoms with Gasteiger partial charge in [0.15, 0.2) is 0 Å². The first-order valence-electron chi connectivity index (χ1n) is 9.63. The molecule has 26 heavy (non-hydrogen) atoms. The van der Waals surface area contributed by atoms with Crippen LogP contribution < -0.4 is 0 Å². The molecule has 0 radical (unpaired) electrons. The molecule has 0 saturated carbocycles. The first-order valence-corrected chi connectivity index (χ1v) is 9.63. The standard InChI is InChI=1S/C24H26N2/c1-18(2)17-22-24-21(14-15-25-22)20-12-6-7-13-23(20)26(24)16-8-11-19-9-4-3-5-10-19/h3-7,9-10,12-15,18H,8,11,16-17H2,1-2H3. The van der Waals surface area contributed by atoms with Gasteiger partial charge in [0.2, 0.25) is 0 Å². The zero-order valence-electron chi connectivity index (χ0n) is 15.7. The van der Waals surface area contributed by atoms with E-state index in [1.54, 1.807) is 0 Å². The zero-order chi connectivity index (χ0) is 17.9. The summed E-state index contributed by atoms with van der Waals surface area (Å²) in [6.07, 6.45) is 5.23. The highest BCUT2D eigenvalue weighted by Crippen LogP contribution is 2.31. The van der Waals surface area contributed by atoms with Crippen LogP contribution in [0.5, 0.6) is 0 Å². The van der Waals surface area contributed by atoms with Gasteiger partial charge in [0.1, 0.15) is 0 Å². The summed E-state index contributed by atoms with van der Waals surface area (Å²) in [5.41, 5.74) is 5.30. The van der Waals surface area contributed by atoms with Gasteiger partial charge in [0, 0.05) is 29.0 Å². The Kier molecular flexibility index (Phi) is 4.75. The van der Waals surface area contributed by atoms with Gasteiger partial charge < -0.3 is 4.57 Å². The minimum absolute atomic E-state index is 0.601. The summed E-state index contributed by atoms with van der Waals surface area (Å²) in [5, 5.41) is 2.68. The molecular weight excluding hydrogens is 316 g/mol. The van der Waals surface area contributed by atoms with E-state index in [4.69, 9.17) is 4.98 Å². The summed E-state index contributed by atoms with van der Waals surface area (Å²) >= 11 is 0. The van der Waals surface area contributed by atoms with Gasteiger partial charge >= 0.3 is 0 Å². The van der Waals surface area contributed by atoms with Crippen LogP contribution in [0.15, 0.2) is 66.9 Å². The molecule has 0 atom stereocenters. The maximum atomic E-state index is 4.75. The average molecular weight is 342 g/mol. The van der Waals surface area contributed by atoms with Gasteiger partial charge in [-0.25, -0.2) is 0 Å². The van der Waals surface area contributed by atoms with Crippen LogP contribution >= 0.6 is 0 Å². The van der Waals surface area contributed by atoms with Crippen molar-refractivity contribution in [2.45, 2.75) is 39.7 Å². The Morgan fingerprint density at radius 1 is 0.885 bits per heavy atom. The van der Waals surface area contributed by atoms with Crippen LogP contribution in [-0.2, 0) is 19.4 Å². The minimum Gasteiger partial charge on any atom is -0.339 e. The predicted octanol–water partition coefficient (Wildman–Crippen LogP) is 6.02. The summed E-state index contributed by atoms with van der Waals surface area (Å²) in [7, 11) is 0. The van der Waals surface area contributed by atoms with Crippen molar-refractivity contribution in [3.63, 3.8) is 0 Å². The molecular formula is C24H26N2. The van der Waals surface area contributed by atoms with E-state index in [0.29, 0.717) is 5.92 Å². The van der Waals surface area contributed by atoms with Crippen LogP contribution in [0, 0.1) is 5.92 Å². The van der Waals surface area contributed by atoms with Crippen molar-refractivity contribution in [1.29, 1.82) is 0 Å². The topological polar surface area (TPSA) is 17.8 Å². The normalized spacial score (nSPS) is 11.7. The van der Waals surface area contributed by atoms with Crippen LogP contribution in [0.25, 0.3) is 21.8 Å². The fraction of sp³-hybridized carbons (Fsp3) is 0.292. The van der Waals surface area contributed by atoms with E-state index in [9.17, 15) is 0 Å². The highest BCUT2D eigenvalue weighted by molar-refractivity contribution is 6.08.